The number of ether oxygens (including phenoxy) is 3. The molecule has 1 saturated carbocycles. The third kappa shape index (κ3) is 11.4. The van der Waals surface area contributed by atoms with Crippen molar-refractivity contribution in [2.45, 2.75) is 104 Å². The number of carbonyl (C=O) groups excluding carboxylic acids is 6. The van der Waals surface area contributed by atoms with Crippen LogP contribution in [0.15, 0.2) is 24.3 Å². The number of Topliss-reactive ketones (excluding diaryl/α,β-unsaturated/α-hetero) is 1. The molecule has 1 fully saturated rings. The Morgan fingerprint density at radius 2 is 1.79 bits per heavy atom. The van der Waals surface area contributed by atoms with E-state index in [1.54, 1.807) is 39.8 Å². The molecule has 0 saturated heterocycles. The van der Waals surface area contributed by atoms with Gasteiger partial charge in [0.15, 0.2) is 5.78 Å². The molecule has 1 unspecified atom stereocenters. The van der Waals surface area contributed by atoms with Crippen LogP contribution in [0.1, 0.15) is 91.5 Å². The van der Waals surface area contributed by atoms with E-state index in [9.17, 15) is 28.8 Å². The lowest BCUT2D eigenvalue weighted by Gasteiger charge is -2.33. The van der Waals surface area contributed by atoms with Crippen molar-refractivity contribution in [2.75, 3.05) is 37.8 Å². The van der Waals surface area contributed by atoms with Crippen LogP contribution in [-0.4, -0.2) is 80.0 Å². The minimum absolute atomic E-state index is 0.115. The summed E-state index contributed by atoms with van der Waals surface area (Å²) in [5.74, 6) is -3.05. The number of hydrogen-bond acceptors (Lipinski definition) is 9. The fourth-order valence-electron chi connectivity index (χ4n) is 6.31. The number of fused-ring (bicyclic) bond motifs is 1. The fourth-order valence-corrected chi connectivity index (χ4v) is 6.31. The molecule has 3 amide bonds. The van der Waals surface area contributed by atoms with Crippen molar-refractivity contribution in [1.29, 1.82) is 0 Å². The summed E-state index contributed by atoms with van der Waals surface area (Å²) in [6.07, 6.45) is 3.90. The third-order valence-electron chi connectivity index (χ3n) is 8.53. The quantitative estimate of drug-likeness (QED) is 0.201. The predicted octanol–water partition coefficient (Wildman–Crippen LogP) is 3.42. The lowest BCUT2D eigenvalue weighted by atomic mass is 9.74. The maximum atomic E-state index is 14.2. The Bertz CT molecular complexity index is 1280. The van der Waals surface area contributed by atoms with Gasteiger partial charge < -0.3 is 24.8 Å². The van der Waals surface area contributed by atoms with Crippen molar-refractivity contribution in [3.05, 3.63) is 29.8 Å². The number of amides is 3. The molecule has 1 aromatic carbocycles. The molecular formula is C35H51N3O9. The molecule has 1 heterocycles. The zero-order valence-corrected chi connectivity index (χ0v) is 28.5. The van der Waals surface area contributed by atoms with Gasteiger partial charge in [0.25, 0.3) is 0 Å². The molecule has 0 aromatic heterocycles. The van der Waals surface area contributed by atoms with E-state index in [-0.39, 0.29) is 56.7 Å². The predicted molar refractivity (Wildman–Crippen MR) is 174 cm³/mol. The van der Waals surface area contributed by atoms with E-state index in [1.165, 1.54) is 11.8 Å². The second kappa shape index (κ2) is 17.4. The minimum atomic E-state index is -0.947. The van der Waals surface area contributed by atoms with Crippen molar-refractivity contribution in [2.24, 2.45) is 11.3 Å². The first-order valence-electron chi connectivity index (χ1n) is 16.7. The first-order valence-corrected chi connectivity index (χ1v) is 16.7. The SMILES string of the molecule is CCOCC(=O)C(CC(=O)NCCCOC(C)=O)CC1(C(=O)N[C@H]2CCc3ccccc3N(CC(=O)OC(C)(C)C)C2=O)CCCC1. The molecule has 2 aliphatic rings. The van der Waals surface area contributed by atoms with Gasteiger partial charge in [0, 0.05) is 43.5 Å². The largest absolute Gasteiger partial charge is 0.466 e. The highest BCUT2D eigenvalue weighted by molar-refractivity contribution is 6.04. The molecule has 1 aliphatic carbocycles. The summed E-state index contributed by atoms with van der Waals surface area (Å²) in [7, 11) is 0. The van der Waals surface area contributed by atoms with E-state index in [1.807, 2.05) is 12.1 Å². The first-order chi connectivity index (χ1) is 22.2. The van der Waals surface area contributed by atoms with E-state index < -0.39 is 40.8 Å². The molecule has 1 aliphatic heterocycles. The molecular weight excluding hydrogens is 606 g/mol. The molecule has 12 heteroatoms. The summed E-state index contributed by atoms with van der Waals surface area (Å²) in [5.41, 5.74) is -0.184. The van der Waals surface area contributed by atoms with Crippen LogP contribution in [0.25, 0.3) is 0 Å². The van der Waals surface area contributed by atoms with Gasteiger partial charge in [-0.1, -0.05) is 31.0 Å². The monoisotopic (exact) mass is 657 g/mol. The van der Waals surface area contributed by atoms with Gasteiger partial charge in [-0.05, 0) is 77.8 Å². The summed E-state index contributed by atoms with van der Waals surface area (Å²) >= 11 is 0. The molecule has 0 spiro atoms. The van der Waals surface area contributed by atoms with Crippen LogP contribution in [0, 0.1) is 11.3 Å². The van der Waals surface area contributed by atoms with Crippen molar-refractivity contribution >= 4 is 41.1 Å². The first kappa shape index (κ1) is 37.7. The van der Waals surface area contributed by atoms with Crippen LogP contribution in [0.3, 0.4) is 0 Å². The van der Waals surface area contributed by atoms with Gasteiger partial charge in [-0.25, -0.2) is 0 Å². The topological polar surface area (TPSA) is 157 Å². The molecule has 3 rings (SSSR count). The second-order valence-electron chi connectivity index (χ2n) is 13.4. The number of para-hydroxylation sites is 1. The molecule has 12 nitrogen and oxygen atoms in total. The average Bonchev–Trinajstić information content (AvgIpc) is 3.44. The van der Waals surface area contributed by atoms with Gasteiger partial charge in [0.1, 0.15) is 24.8 Å². The standard InChI is InChI=1S/C35H51N3O9/c1-6-45-23-29(40)26(20-30(41)36-18-11-19-46-24(2)39)21-35(16-9-10-17-35)33(44)37-27-15-14-25-12-7-8-13-28(25)38(32(27)43)22-31(42)47-34(3,4)5/h7-8,12-13,26-27H,6,9-11,14-23H2,1-5H3,(H,36,41)(H,37,44)/t26?,27-/m0/s1. The van der Waals surface area contributed by atoms with Crippen LogP contribution in [0.4, 0.5) is 5.69 Å². The highest BCUT2D eigenvalue weighted by atomic mass is 16.6. The molecule has 2 N–H and O–H groups in total. The van der Waals surface area contributed by atoms with Gasteiger partial charge in [0.05, 0.1) is 6.61 Å². The number of esters is 2. The number of nitrogens with zero attached hydrogens (tertiary/aromatic N) is 1. The number of carbonyl (C=O) groups is 6. The Morgan fingerprint density at radius 3 is 2.45 bits per heavy atom. The van der Waals surface area contributed by atoms with E-state index in [2.05, 4.69) is 10.6 Å². The van der Waals surface area contributed by atoms with E-state index in [0.29, 0.717) is 44.4 Å². The van der Waals surface area contributed by atoms with Crippen molar-refractivity contribution in [1.82, 2.24) is 10.6 Å². The number of benzene rings is 1. The number of ketones is 1. The summed E-state index contributed by atoms with van der Waals surface area (Å²) in [4.78, 5) is 79.6. The van der Waals surface area contributed by atoms with Gasteiger partial charge >= 0.3 is 11.9 Å². The van der Waals surface area contributed by atoms with Gasteiger partial charge in [-0.3, -0.25) is 33.7 Å². The second-order valence-corrected chi connectivity index (χ2v) is 13.4. The number of anilines is 1. The maximum Gasteiger partial charge on any atom is 0.326 e. The molecule has 0 bridgehead atoms. The third-order valence-corrected chi connectivity index (χ3v) is 8.53. The molecule has 1 aromatic rings. The Balaban J connectivity index is 1.78. The Morgan fingerprint density at radius 1 is 1.09 bits per heavy atom. The lowest BCUT2D eigenvalue weighted by Crippen LogP contribution is -2.53. The lowest BCUT2D eigenvalue weighted by molar-refractivity contribution is -0.153. The van der Waals surface area contributed by atoms with Gasteiger partial charge in [-0.2, -0.15) is 0 Å². The Kier molecular flexibility index (Phi) is 13.9. The smallest absolute Gasteiger partial charge is 0.326 e. The van der Waals surface area contributed by atoms with Gasteiger partial charge in [0.2, 0.25) is 17.7 Å². The molecule has 47 heavy (non-hydrogen) atoms. The van der Waals surface area contributed by atoms with Crippen LogP contribution in [0.5, 0.6) is 0 Å². The number of nitrogens with one attached hydrogen (secondary N) is 2. The van der Waals surface area contributed by atoms with Crippen LogP contribution in [0.2, 0.25) is 0 Å². The zero-order valence-electron chi connectivity index (χ0n) is 28.5. The van der Waals surface area contributed by atoms with Crippen molar-refractivity contribution in [3.63, 3.8) is 0 Å². The van der Waals surface area contributed by atoms with E-state index >= 15 is 0 Å². The Hall–Kier alpha value is -3.80. The zero-order chi connectivity index (χ0) is 34.6. The summed E-state index contributed by atoms with van der Waals surface area (Å²) in [6.45, 7) is 8.68. The summed E-state index contributed by atoms with van der Waals surface area (Å²) in [5, 5.41) is 5.78. The number of rotatable bonds is 16. The highest BCUT2D eigenvalue weighted by Gasteiger charge is 2.46. The molecule has 2 atom stereocenters. The van der Waals surface area contributed by atoms with Crippen molar-refractivity contribution < 1.29 is 43.0 Å². The molecule has 0 radical (unpaired) electrons. The van der Waals surface area contributed by atoms with E-state index in [4.69, 9.17) is 14.2 Å². The number of hydrogen-bond donors (Lipinski definition) is 2. The fraction of sp³-hybridized carbons (Fsp3) is 0.657. The summed E-state index contributed by atoms with van der Waals surface area (Å²) in [6, 6.07) is 6.47. The normalized spacial score (nSPS) is 18.0. The van der Waals surface area contributed by atoms with E-state index in [0.717, 1.165) is 18.4 Å². The van der Waals surface area contributed by atoms with Crippen molar-refractivity contribution in [3.8, 4) is 0 Å². The summed E-state index contributed by atoms with van der Waals surface area (Å²) < 4.78 is 15.8. The van der Waals surface area contributed by atoms with Crippen LogP contribution in [-0.2, 0) is 49.4 Å². The number of aryl methyl sites for hydroxylation is 1. The average molecular weight is 658 g/mol. The van der Waals surface area contributed by atoms with Crippen LogP contribution < -0.4 is 15.5 Å². The minimum Gasteiger partial charge on any atom is -0.466 e. The maximum absolute atomic E-state index is 14.2. The molecule has 260 valence electrons. The Labute approximate surface area is 277 Å². The van der Waals surface area contributed by atoms with Gasteiger partial charge in [-0.15, -0.1) is 0 Å². The highest BCUT2D eigenvalue weighted by Crippen LogP contribution is 2.44. The van der Waals surface area contributed by atoms with Crippen LogP contribution >= 0.6 is 0 Å².